The molecule has 0 saturated carbocycles. The van der Waals surface area contributed by atoms with E-state index in [-0.39, 0.29) is 5.78 Å². The van der Waals surface area contributed by atoms with Gasteiger partial charge in [0.15, 0.2) is 5.78 Å². The van der Waals surface area contributed by atoms with E-state index in [0.717, 1.165) is 12.0 Å². The first-order chi connectivity index (χ1) is 6.15. The monoisotopic (exact) mass is 179 g/mol. The topological polar surface area (TPSA) is 71.8 Å². The standard InChI is InChI=1S/C9H13N3O/c1-3-6(2)4-8(13)7-5-11-12-9(7)10/h5H,2-4H2,1H3,(H3,10,11,12). The summed E-state index contributed by atoms with van der Waals surface area (Å²) in [4.78, 5) is 11.5. The first-order valence-corrected chi connectivity index (χ1v) is 4.13. The molecule has 0 aliphatic carbocycles. The summed E-state index contributed by atoms with van der Waals surface area (Å²) in [6.45, 7) is 5.73. The van der Waals surface area contributed by atoms with Gasteiger partial charge in [-0.2, -0.15) is 5.10 Å². The second-order valence-corrected chi connectivity index (χ2v) is 2.90. The quantitative estimate of drug-likeness (QED) is 0.544. The van der Waals surface area contributed by atoms with E-state index in [0.29, 0.717) is 17.8 Å². The number of allylic oxidation sites excluding steroid dienone is 1. The van der Waals surface area contributed by atoms with E-state index in [2.05, 4.69) is 16.8 Å². The van der Waals surface area contributed by atoms with Gasteiger partial charge in [0, 0.05) is 6.42 Å². The number of Topliss-reactive ketones (excluding diaryl/α,β-unsaturated/α-hetero) is 1. The van der Waals surface area contributed by atoms with E-state index in [1.54, 1.807) is 0 Å². The molecule has 13 heavy (non-hydrogen) atoms. The smallest absolute Gasteiger partial charge is 0.172 e. The van der Waals surface area contributed by atoms with Crippen molar-refractivity contribution in [1.29, 1.82) is 0 Å². The normalized spacial score (nSPS) is 9.92. The summed E-state index contributed by atoms with van der Waals surface area (Å²) in [5.74, 6) is 0.298. The number of nitrogens with zero attached hydrogens (tertiary/aromatic N) is 1. The minimum Gasteiger partial charge on any atom is -0.383 e. The number of nitrogen functional groups attached to an aromatic ring is 1. The van der Waals surface area contributed by atoms with E-state index in [1.807, 2.05) is 6.92 Å². The lowest BCUT2D eigenvalue weighted by molar-refractivity contribution is 0.0993. The third kappa shape index (κ3) is 2.18. The average molecular weight is 179 g/mol. The van der Waals surface area contributed by atoms with Crippen molar-refractivity contribution in [2.24, 2.45) is 0 Å². The fourth-order valence-electron chi connectivity index (χ4n) is 0.966. The third-order valence-electron chi connectivity index (χ3n) is 1.88. The van der Waals surface area contributed by atoms with Gasteiger partial charge in [-0.1, -0.05) is 19.1 Å². The van der Waals surface area contributed by atoms with Gasteiger partial charge >= 0.3 is 0 Å². The maximum atomic E-state index is 11.5. The van der Waals surface area contributed by atoms with Crippen LogP contribution in [0.5, 0.6) is 0 Å². The van der Waals surface area contributed by atoms with Crippen LogP contribution in [0.15, 0.2) is 18.3 Å². The van der Waals surface area contributed by atoms with E-state index >= 15 is 0 Å². The van der Waals surface area contributed by atoms with E-state index in [9.17, 15) is 4.79 Å². The van der Waals surface area contributed by atoms with Gasteiger partial charge < -0.3 is 5.73 Å². The molecule has 0 radical (unpaired) electrons. The molecule has 1 aromatic rings. The average Bonchev–Trinajstić information content (AvgIpc) is 2.51. The summed E-state index contributed by atoms with van der Waals surface area (Å²) in [5.41, 5.74) is 6.85. The van der Waals surface area contributed by atoms with Crippen LogP contribution in [0, 0.1) is 0 Å². The van der Waals surface area contributed by atoms with Gasteiger partial charge in [-0.3, -0.25) is 9.89 Å². The Kier molecular flexibility index (Phi) is 2.84. The third-order valence-corrected chi connectivity index (χ3v) is 1.88. The second kappa shape index (κ2) is 3.89. The molecule has 0 atom stereocenters. The van der Waals surface area contributed by atoms with Gasteiger partial charge in [0.2, 0.25) is 0 Å². The molecule has 3 N–H and O–H groups in total. The van der Waals surface area contributed by atoms with Crippen molar-refractivity contribution < 1.29 is 4.79 Å². The number of carbonyl (C=O) groups is 1. The van der Waals surface area contributed by atoms with Crippen LogP contribution in [-0.2, 0) is 0 Å². The number of carbonyl (C=O) groups excluding carboxylic acids is 1. The Bertz CT molecular complexity index is 327. The maximum absolute atomic E-state index is 11.5. The number of aromatic nitrogens is 2. The van der Waals surface area contributed by atoms with Crippen molar-refractivity contribution in [1.82, 2.24) is 10.2 Å². The molecule has 0 aliphatic heterocycles. The largest absolute Gasteiger partial charge is 0.383 e. The molecule has 0 fully saturated rings. The van der Waals surface area contributed by atoms with E-state index in [1.165, 1.54) is 6.20 Å². The number of nitrogens with two attached hydrogens (primary N) is 1. The predicted molar refractivity (Wildman–Crippen MR) is 51.4 cm³/mol. The lowest BCUT2D eigenvalue weighted by Gasteiger charge is -1.99. The van der Waals surface area contributed by atoms with Crippen LogP contribution >= 0.6 is 0 Å². The van der Waals surface area contributed by atoms with Crippen LogP contribution in [0.1, 0.15) is 30.1 Å². The van der Waals surface area contributed by atoms with Crippen molar-refractivity contribution in [2.75, 3.05) is 5.73 Å². The number of rotatable bonds is 4. The van der Waals surface area contributed by atoms with Crippen molar-refractivity contribution in [3.63, 3.8) is 0 Å². The lowest BCUT2D eigenvalue weighted by atomic mass is 10.1. The maximum Gasteiger partial charge on any atom is 0.172 e. The zero-order valence-corrected chi connectivity index (χ0v) is 7.63. The highest BCUT2D eigenvalue weighted by molar-refractivity contribution is 6.00. The Labute approximate surface area is 76.8 Å². The Hall–Kier alpha value is -1.58. The summed E-state index contributed by atoms with van der Waals surface area (Å²) in [5, 5.41) is 6.19. The van der Waals surface area contributed by atoms with Crippen LogP contribution in [-0.4, -0.2) is 16.0 Å². The van der Waals surface area contributed by atoms with Crippen LogP contribution in [0.25, 0.3) is 0 Å². The molecule has 0 aliphatic rings. The molecule has 1 aromatic heterocycles. The van der Waals surface area contributed by atoms with Crippen LogP contribution in [0.4, 0.5) is 5.82 Å². The van der Waals surface area contributed by atoms with Gasteiger partial charge in [0.1, 0.15) is 5.82 Å². The van der Waals surface area contributed by atoms with Crippen molar-refractivity contribution in [2.45, 2.75) is 19.8 Å². The Morgan fingerprint density at radius 1 is 1.77 bits per heavy atom. The van der Waals surface area contributed by atoms with Gasteiger partial charge in [-0.15, -0.1) is 0 Å². The van der Waals surface area contributed by atoms with Crippen molar-refractivity contribution >= 4 is 11.6 Å². The van der Waals surface area contributed by atoms with Gasteiger partial charge in [-0.25, -0.2) is 0 Å². The van der Waals surface area contributed by atoms with Gasteiger partial charge in [0.25, 0.3) is 0 Å². The van der Waals surface area contributed by atoms with Crippen molar-refractivity contribution in [3.8, 4) is 0 Å². The SMILES string of the molecule is C=C(CC)CC(=O)c1cn[nH]c1N. The molecule has 70 valence electrons. The summed E-state index contributed by atoms with van der Waals surface area (Å²) >= 11 is 0. The molecule has 0 amide bonds. The molecular weight excluding hydrogens is 166 g/mol. The summed E-state index contributed by atoms with van der Waals surface area (Å²) in [6, 6.07) is 0. The fourth-order valence-corrected chi connectivity index (χ4v) is 0.966. The van der Waals surface area contributed by atoms with Crippen LogP contribution in [0.2, 0.25) is 0 Å². The Morgan fingerprint density at radius 2 is 2.46 bits per heavy atom. The van der Waals surface area contributed by atoms with Crippen molar-refractivity contribution in [3.05, 3.63) is 23.9 Å². The molecule has 1 heterocycles. The van der Waals surface area contributed by atoms with E-state index < -0.39 is 0 Å². The molecule has 4 heteroatoms. The zero-order valence-electron chi connectivity index (χ0n) is 7.63. The molecule has 1 rings (SSSR count). The summed E-state index contributed by atoms with van der Waals surface area (Å²) in [7, 11) is 0. The number of nitrogens with one attached hydrogen (secondary N) is 1. The summed E-state index contributed by atoms with van der Waals surface area (Å²) in [6.07, 6.45) is 2.60. The number of ketones is 1. The lowest BCUT2D eigenvalue weighted by Crippen LogP contribution is -2.02. The highest BCUT2D eigenvalue weighted by atomic mass is 16.1. The molecular formula is C9H13N3O. The molecule has 0 spiro atoms. The number of aromatic amines is 1. The minimum atomic E-state index is -0.0295. The van der Waals surface area contributed by atoms with Gasteiger partial charge in [0.05, 0.1) is 11.8 Å². The fraction of sp³-hybridized carbons (Fsp3) is 0.333. The first-order valence-electron chi connectivity index (χ1n) is 4.13. The highest BCUT2D eigenvalue weighted by Gasteiger charge is 2.11. The number of hydrogen-bond acceptors (Lipinski definition) is 3. The molecule has 0 aromatic carbocycles. The van der Waals surface area contributed by atoms with Crippen LogP contribution in [0.3, 0.4) is 0 Å². The van der Waals surface area contributed by atoms with E-state index in [4.69, 9.17) is 5.73 Å². The van der Waals surface area contributed by atoms with Crippen LogP contribution < -0.4 is 5.73 Å². The first kappa shape index (κ1) is 9.51. The number of anilines is 1. The molecule has 0 bridgehead atoms. The number of hydrogen-bond donors (Lipinski definition) is 2. The minimum absolute atomic E-state index is 0.0295. The molecule has 4 nitrogen and oxygen atoms in total. The highest BCUT2D eigenvalue weighted by Crippen LogP contribution is 2.13. The Balaban J connectivity index is 2.69. The van der Waals surface area contributed by atoms with Gasteiger partial charge in [-0.05, 0) is 6.42 Å². The second-order valence-electron chi connectivity index (χ2n) is 2.90. The molecule has 0 saturated heterocycles. The number of H-pyrrole nitrogens is 1. The molecule has 0 unspecified atom stereocenters. The zero-order chi connectivity index (χ0) is 9.84. The summed E-state index contributed by atoms with van der Waals surface area (Å²) < 4.78 is 0. The predicted octanol–water partition coefficient (Wildman–Crippen LogP) is 1.53. The Morgan fingerprint density at radius 3 is 2.92 bits per heavy atom.